The van der Waals surface area contributed by atoms with Gasteiger partial charge in [0.2, 0.25) is 0 Å². The van der Waals surface area contributed by atoms with Crippen molar-refractivity contribution in [2.75, 3.05) is 11.9 Å². The lowest BCUT2D eigenvalue weighted by Crippen LogP contribution is -2.16. The minimum Gasteiger partial charge on any atom is -0.367 e. The Bertz CT molecular complexity index is 712. The van der Waals surface area contributed by atoms with Gasteiger partial charge in [0.1, 0.15) is 12.4 Å². The van der Waals surface area contributed by atoms with Crippen LogP contribution in [-0.4, -0.2) is 18.7 Å². The number of aryl methyl sites for hydroxylation is 1. The summed E-state index contributed by atoms with van der Waals surface area (Å²) in [6.45, 7) is 0.0827. The summed E-state index contributed by atoms with van der Waals surface area (Å²) in [6, 6.07) is 10.3. The van der Waals surface area contributed by atoms with Crippen LogP contribution in [0.3, 0.4) is 0 Å². The molecule has 3 nitrogen and oxygen atoms in total. The molecule has 0 atom stereocenters. The van der Waals surface area contributed by atoms with E-state index < -0.39 is 24.5 Å². The fraction of sp³-hybridized carbons (Fsp3) is 0.235. The van der Waals surface area contributed by atoms with Gasteiger partial charge in [0, 0.05) is 11.3 Å². The van der Waals surface area contributed by atoms with Gasteiger partial charge in [-0.25, -0.2) is 4.39 Å². The third kappa shape index (κ3) is 5.34. The van der Waals surface area contributed by atoms with E-state index in [1.165, 1.54) is 30.3 Å². The molecule has 0 aliphatic carbocycles. The Morgan fingerprint density at radius 1 is 1.12 bits per heavy atom. The number of hydrogen-bond acceptors (Lipinski definition) is 2. The summed E-state index contributed by atoms with van der Waals surface area (Å²) in [5.74, 6) is -0.869. The number of alkyl halides is 3. The van der Waals surface area contributed by atoms with E-state index in [-0.39, 0.29) is 6.61 Å². The van der Waals surface area contributed by atoms with Gasteiger partial charge in [0.05, 0.1) is 6.61 Å². The molecule has 0 bridgehead atoms. The summed E-state index contributed by atoms with van der Waals surface area (Å²) in [4.78, 5) is 12.1. The molecule has 0 saturated heterocycles. The third-order valence-corrected chi connectivity index (χ3v) is 3.18. The Balaban J connectivity index is 1.94. The molecule has 0 aliphatic heterocycles. The lowest BCUT2D eigenvalue weighted by atomic mass is 10.1. The van der Waals surface area contributed by atoms with Crippen molar-refractivity contribution in [3.8, 4) is 0 Å². The van der Waals surface area contributed by atoms with E-state index >= 15 is 0 Å². The van der Waals surface area contributed by atoms with Gasteiger partial charge in [-0.1, -0.05) is 18.2 Å². The first-order valence-electron chi connectivity index (χ1n) is 7.05. The molecule has 2 aromatic carbocycles. The minimum atomic E-state index is -4.37. The molecule has 7 heteroatoms. The van der Waals surface area contributed by atoms with Crippen molar-refractivity contribution in [3.05, 3.63) is 65.0 Å². The quantitative estimate of drug-likeness (QED) is 0.815. The topological polar surface area (TPSA) is 38.3 Å². The third-order valence-electron chi connectivity index (χ3n) is 3.18. The number of carbonyl (C=O) groups is 1. The average molecular weight is 341 g/mol. The van der Waals surface area contributed by atoms with Crippen LogP contribution in [0.25, 0.3) is 0 Å². The standard InChI is InChI=1S/C17H15F4NO2/c1-11-2-7-14(8-15(11)18)22-16(23)13-5-3-12(4-6-13)9-24-10-17(19,20)21/h2-8H,9-10H2,1H3,(H,22,23). The zero-order chi connectivity index (χ0) is 17.7. The van der Waals surface area contributed by atoms with Crippen LogP contribution in [0.2, 0.25) is 0 Å². The van der Waals surface area contributed by atoms with Crippen LogP contribution in [0.4, 0.5) is 23.2 Å². The Hall–Kier alpha value is -2.41. The van der Waals surface area contributed by atoms with Crippen molar-refractivity contribution >= 4 is 11.6 Å². The number of hydrogen-bond donors (Lipinski definition) is 1. The van der Waals surface area contributed by atoms with E-state index in [0.29, 0.717) is 22.4 Å². The molecule has 128 valence electrons. The summed E-state index contributed by atoms with van der Waals surface area (Å²) in [6.07, 6.45) is -4.37. The highest BCUT2D eigenvalue weighted by Gasteiger charge is 2.27. The summed E-state index contributed by atoms with van der Waals surface area (Å²) in [7, 11) is 0. The van der Waals surface area contributed by atoms with E-state index in [4.69, 9.17) is 0 Å². The zero-order valence-corrected chi connectivity index (χ0v) is 12.8. The second kappa shape index (κ2) is 7.44. The number of amides is 1. The normalized spacial score (nSPS) is 11.4. The van der Waals surface area contributed by atoms with E-state index in [0.717, 1.165) is 0 Å². The Morgan fingerprint density at radius 3 is 2.38 bits per heavy atom. The zero-order valence-electron chi connectivity index (χ0n) is 12.8. The molecular formula is C17H15F4NO2. The summed E-state index contributed by atoms with van der Waals surface area (Å²) >= 11 is 0. The highest BCUT2D eigenvalue weighted by Crippen LogP contribution is 2.17. The fourth-order valence-corrected chi connectivity index (χ4v) is 1.91. The summed E-state index contributed by atoms with van der Waals surface area (Å²) in [5.41, 5.74) is 1.60. The Morgan fingerprint density at radius 2 is 1.79 bits per heavy atom. The van der Waals surface area contributed by atoms with Gasteiger partial charge in [0.25, 0.3) is 5.91 Å². The number of benzene rings is 2. The molecule has 2 aromatic rings. The van der Waals surface area contributed by atoms with Gasteiger partial charge in [0.15, 0.2) is 0 Å². The van der Waals surface area contributed by atoms with Gasteiger partial charge in [-0.2, -0.15) is 13.2 Å². The number of ether oxygens (including phenoxy) is 1. The molecule has 0 unspecified atom stereocenters. The first-order chi connectivity index (χ1) is 11.2. The lowest BCUT2D eigenvalue weighted by molar-refractivity contribution is -0.176. The van der Waals surface area contributed by atoms with Gasteiger partial charge in [-0.05, 0) is 42.3 Å². The Kier molecular flexibility index (Phi) is 5.56. The lowest BCUT2D eigenvalue weighted by Gasteiger charge is -2.09. The number of nitrogens with one attached hydrogen (secondary N) is 1. The number of carbonyl (C=O) groups excluding carboxylic acids is 1. The SMILES string of the molecule is Cc1ccc(NC(=O)c2ccc(COCC(F)(F)F)cc2)cc1F. The maximum Gasteiger partial charge on any atom is 0.411 e. The van der Waals surface area contributed by atoms with Crippen LogP contribution >= 0.6 is 0 Å². The van der Waals surface area contributed by atoms with E-state index in [1.807, 2.05) is 0 Å². The van der Waals surface area contributed by atoms with E-state index in [2.05, 4.69) is 10.1 Å². The maximum absolute atomic E-state index is 13.4. The van der Waals surface area contributed by atoms with Crippen LogP contribution in [-0.2, 0) is 11.3 Å². The molecule has 0 saturated carbocycles. The van der Waals surface area contributed by atoms with Crippen LogP contribution in [0.1, 0.15) is 21.5 Å². The first-order valence-corrected chi connectivity index (χ1v) is 7.05. The van der Waals surface area contributed by atoms with Crippen molar-refractivity contribution in [2.45, 2.75) is 19.7 Å². The van der Waals surface area contributed by atoms with Crippen molar-refractivity contribution in [1.29, 1.82) is 0 Å². The summed E-state index contributed by atoms with van der Waals surface area (Å²) < 4.78 is 53.9. The number of anilines is 1. The van der Waals surface area contributed by atoms with Crippen LogP contribution in [0.5, 0.6) is 0 Å². The molecule has 0 radical (unpaired) electrons. The van der Waals surface area contributed by atoms with Crippen LogP contribution in [0, 0.1) is 12.7 Å². The van der Waals surface area contributed by atoms with Gasteiger partial charge >= 0.3 is 6.18 Å². The smallest absolute Gasteiger partial charge is 0.367 e. The van der Waals surface area contributed by atoms with E-state index in [1.54, 1.807) is 19.1 Å². The molecule has 1 amide bonds. The molecular weight excluding hydrogens is 326 g/mol. The second-order valence-corrected chi connectivity index (χ2v) is 5.22. The van der Waals surface area contributed by atoms with Crippen molar-refractivity contribution in [2.24, 2.45) is 0 Å². The van der Waals surface area contributed by atoms with Crippen molar-refractivity contribution in [1.82, 2.24) is 0 Å². The van der Waals surface area contributed by atoms with Gasteiger partial charge in [-0.3, -0.25) is 4.79 Å². The van der Waals surface area contributed by atoms with Crippen LogP contribution < -0.4 is 5.32 Å². The van der Waals surface area contributed by atoms with Gasteiger partial charge in [-0.15, -0.1) is 0 Å². The van der Waals surface area contributed by atoms with Crippen molar-refractivity contribution in [3.63, 3.8) is 0 Å². The molecule has 0 fully saturated rings. The predicted octanol–water partition coefficient (Wildman–Crippen LogP) is 4.47. The second-order valence-electron chi connectivity index (χ2n) is 5.22. The minimum absolute atomic E-state index is 0.204. The number of rotatable bonds is 5. The molecule has 0 aliphatic rings. The molecule has 0 spiro atoms. The highest BCUT2D eigenvalue weighted by molar-refractivity contribution is 6.04. The largest absolute Gasteiger partial charge is 0.411 e. The maximum atomic E-state index is 13.4. The number of halogens is 4. The van der Waals surface area contributed by atoms with Crippen molar-refractivity contribution < 1.29 is 27.1 Å². The monoisotopic (exact) mass is 341 g/mol. The molecule has 0 aromatic heterocycles. The molecule has 24 heavy (non-hydrogen) atoms. The molecule has 1 N–H and O–H groups in total. The average Bonchev–Trinajstić information content (AvgIpc) is 2.50. The molecule has 0 heterocycles. The van der Waals surface area contributed by atoms with Crippen LogP contribution in [0.15, 0.2) is 42.5 Å². The van der Waals surface area contributed by atoms with Gasteiger partial charge < -0.3 is 10.1 Å². The predicted molar refractivity (Wildman–Crippen MR) is 81.2 cm³/mol. The fourth-order valence-electron chi connectivity index (χ4n) is 1.91. The molecule has 2 rings (SSSR count). The Labute approximate surface area is 136 Å². The first kappa shape index (κ1) is 17.9. The highest BCUT2D eigenvalue weighted by atomic mass is 19.4. The van der Waals surface area contributed by atoms with E-state index in [9.17, 15) is 22.4 Å². The summed E-state index contributed by atoms with van der Waals surface area (Å²) in [5, 5.41) is 2.55.